The molecule has 1 N–H and O–H groups in total. The van der Waals surface area contributed by atoms with E-state index in [0.717, 1.165) is 5.69 Å². The highest BCUT2D eigenvalue weighted by Crippen LogP contribution is 2.12. The van der Waals surface area contributed by atoms with Gasteiger partial charge in [0.2, 0.25) is 0 Å². The zero-order chi connectivity index (χ0) is 13.1. The Bertz CT molecular complexity index is 545. The summed E-state index contributed by atoms with van der Waals surface area (Å²) in [5, 5.41) is 14.9. The van der Waals surface area contributed by atoms with Gasteiger partial charge in [0.15, 0.2) is 11.5 Å². The molecule has 1 amide bonds. The Labute approximate surface area is 104 Å². The standard InChI is InChI=1S/C11H14N6O/c1-16(2)11(18)9-4-5-10(15-14-9)13-8-6-12-17(3)7-8/h4-7H,1-3H3,(H,13,15). The second-order valence-electron chi connectivity index (χ2n) is 4.03. The smallest absolute Gasteiger partial charge is 0.273 e. The van der Waals surface area contributed by atoms with Gasteiger partial charge in [-0.1, -0.05) is 0 Å². The van der Waals surface area contributed by atoms with Crippen molar-refractivity contribution < 1.29 is 4.79 Å². The highest BCUT2D eigenvalue weighted by molar-refractivity contribution is 5.91. The van der Waals surface area contributed by atoms with Crippen LogP contribution >= 0.6 is 0 Å². The van der Waals surface area contributed by atoms with Gasteiger partial charge in [-0.2, -0.15) is 5.10 Å². The van der Waals surface area contributed by atoms with Crippen LogP contribution in [0.25, 0.3) is 0 Å². The normalized spacial score (nSPS) is 10.2. The highest BCUT2D eigenvalue weighted by atomic mass is 16.2. The maximum absolute atomic E-state index is 11.6. The summed E-state index contributed by atoms with van der Waals surface area (Å²) >= 11 is 0. The summed E-state index contributed by atoms with van der Waals surface area (Å²) in [5.41, 5.74) is 1.13. The number of nitrogens with one attached hydrogen (secondary N) is 1. The molecule has 0 radical (unpaired) electrons. The molecule has 2 heterocycles. The van der Waals surface area contributed by atoms with E-state index < -0.39 is 0 Å². The summed E-state index contributed by atoms with van der Waals surface area (Å²) in [6.07, 6.45) is 3.50. The van der Waals surface area contributed by atoms with E-state index in [4.69, 9.17) is 0 Å². The van der Waals surface area contributed by atoms with E-state index >= 15 is 0 Å². The lowest BCUT2D eigenvalue weighted by Crippen LogP contribution is -2.23. The first-order valence-corrected chi connectivity index (χ1v) is 5.37. The molecule has 0 aliphatic heterocycles. The summed E-state index contributed by atoms with van der Waals surface area (Å²) in [5.74, 6) is 0.397. The molecule has 7 nitrogen and oxygen atoms in total. The Balaban J connectivity index is 2.10. The first-order valence-electron chi connectivity index (χ1n) is 5.37. The van der Waals surface area contributed by atoms with Crippen LogP contribution in [0.5, 0.6) is 0 Å². The average Bonchev–Trinajstić information content (AvgIpc) is 2.75. The molecule has 7 heteroatoms. The summed E-state index contributed by atoms with van der Waals surface area (Å²) in [6.45, 7) is 0. The second kappa shape index (κ2) is 4.82. The SMILES string of the molecule is CN(C)C(=O)c1ccc(Nc2cnn(C)c2)nn1. The number of carbonyl (C=O) groups is 1. The van der Waals surface area contributed by atoms with Crippen molar-refractivity contribution in [3.63, 3.8) is 0 Å². The van der Waals surface area contributed by atoms with Crippen LogP contribution in [0.15, 0.2) is 24.5 Å². The minimum absolute atomic E-state index is 0.171. The maximum Gasteiger partial charge on any atom is 0.273 e. The van der Waals surface area contributed by atoms with Gasteiger partial charge < -0.3 is 10.2 Å². The van der Waals surface area contributed by atoms with Crippen LogP contribution in [0.3, 0.4) is 0 Å². The molecule has 0 aliphatic rings. The fraction of sp³-hybridized carbons (Fsp3) is 0.273. The van der Waals surface area contributed by atoms with Crippen LogP contribution in [-0.4, -0.2) is 44.9 Å². The first kappa shape index (κ1) is 12.0. The highest BCUT2D eigenvalue weighted by Gasteiger charge is 2.10. The van der Waals surface area contributed by atoms with Gasteiger partial charge in [0.25, 0.3) is 5.91 Å². The maximum atomic E-state index is 11.6. The first-order chi connectivity index (χ1) is 8.56. The van der Waals surface area contributed by atoms with Crippen LogP contribution in [0.2, 0.25) is 0 Å². The fourth-order valence-corrected chi connectivity index (χ4v) is 1.38. The molecule has 0 aliphatic carbocycles. The van der Waals surface area contributed by atoms with Crippen molar-refractivity contribution in [1.82, 2.24) is 24.9 Å². The quantitative estimate of drug-likeness (QED) is 0.860. The molecule has 18 heavy (non-hydrogen) atoms. The third-order valence-corrected chi connectivity index (χ3v) is 2.27. The van der Waals surface area contributed by atoms with E-state index in [1.165, 1.54) is 4.90 Å². The fourth-order valence-electron chi connectivity index (χ4n) is 1.38. The molecular weight excluding hydrogens is 232 g/mol. The van der Waals surface area contributed by atoms with Gasteiger partial charge >= 0.3 is 0 Å². The number of nitrogens with zero attached hydrogens (tertiary/aromatic N) is 5. The number of carbonyl (C=O) groups excluding carboxylic acids is 1. The second-order valence-corrected chi connectivity index (χ2v) is 4.03. The summed E-state index contributed by atoms with van der Waals surface area (Å²) in [4.78, 5) is 13.1. The number of anilines is 2. The van der Waals surface area contributed by atoms with Gasteiger partial charge in [-0.25, -0.2) is 0 Å². The van der Waals surface area contributed by atoms with E-state index in [-0.39, 0.29) is 5.91 Å². The van der Waals surface area contributed by atoms with Crippen LogP contribution < -0.4 is 5.32 Å². The van der Waals surface area contributed by atoms with Crippen LogP contribution in [-0.2, 0) is 7.05 Å². The summed E-state index contributed by atoms with van der Waals surface area (Å²) < 4.78 is 1.68. The third-order valence-electron chi connectivity index (χ3n) is 2.27. The molecule has 2 aromatic heterocycles. The lowest BCUT2D eigenvalue weighted by Gasteiger charge is -2.08. The zero-order valence-electron chi connectivity index (χ0n) is 10.5. The van der Waals surface area contributed by atoms with Gasteiger partial charge in [0.05, 0.1) is 11.9 Å². The molecule has 2 aromatic rings. The molecule has 0 spiro atoms. The van der Waals surface area contributed by atoms with E-state index in [2.05, 4.69) is 20.6 Å². The molecule has 0 saturated heterocycles. The van der Waals surface area contributed by atoms with E-state index in [0.29, 0.717) is 11.5 Å². The monoisotopic (exact) mass is 246 g/mol. The number of aromatic nitrogens is 4. The number of rotatable bonds is 3. The Kier molecular flexibility index (Phi) is 3.22. The molecule has 0 saturated carbocycles. The van der Waals surface area contributed by atoms with E-state index in [9.17, 15) is 4.79 Å². The molecule has 0 unspecified atom stereocenters. The Hall–Kier alpha value is -2.44. The van der Waals surface area contributed by atoms with Gasteiger partial charge in [0.1, 0.15) is 0 Å². The predicted molar refractivity (Wildman–Crippen MR) is 66.5 cm³/mol. The van der Waals surface area contributed by atoms with Crippen molar-refractivity contribution in [1.29, 1.82) is 0 Å². The Morgan fingerprint density at radius 1 is 1.33 bits per heavy atom. The van der Waals surface area contributed by atoms with E-state index in [1.54, 1.807) is 37.1 Å². The Morgan fingerprint density at radius 3 is 2.61 bits per heavy atom. The number of hydrogen-bond donors (Lipinski definition) is 1. The van der Waals surface area contributed by atoms with Crippen molar-refractivity contribution in [3.05, 3.63) is 30.2 Å². The van der Waals surface area contributed by atoms with Crippen molar-refractivity contribution in [2.45, 2.75) is 0 Å². The van der Waals surface area contributed by atoms with Crippen molar-refractivity contribution in [2.24, 2.45) is 7.05 Å². The molecule has 2 rings (SSSR count). The lowest BCUT2D eigenvalue weighted by atomic mass is 10.3. The summed E-state index contributed by atoms with van der Waals surface area (Å²) in [6, 6.07) is 3.34. The van der Waals surface area contributed by atoms with Crippen LogP contribution in [0, 0.1) is 0 Å². The van der Waals surface area contributed by atoms with Crippen LogP contribution in [0.4, 0.5) is 11.5 Å². The summed E-state index contributed by atoms with van der Waals surface area (Å²) in [7, 11) is 5.17. The molecule has 0 atom stereocenters. The number of hydrogen-bond acceptors (Lipinski definition) is 5. The number of aryl methyl sites for hydroxylation is 1. The third kappa shape index (κ3) is 2.62. The zero-order valence-corrected chi connectivity index (χ0v) is 10.5. The Morgan fingerprint density at radius 2 is 2.11 bits per heavy atom. The van der Waals surface area contributed by atoms with Gasteiger partial charge in [-0.05, 0) is 12.1 Å². The van der Waals surface area contributed by atoms with Crippen molar-refractivity contribution in [2.75, 3.05) is 19.4 Å². The molecular formula is C11H14N6O. The minimum atomic E-state index is -0.171. The van der Waals surface area contributed by atoms with Crippen LogP contribution in [0.1, 0.15) is 10.5 Å². The molecule has 94 valence electrons. The molecule has 0 aromatic carbocycles. The van der Waals surface area contributed by atoms with Crippen molar-refractivity contribution in [3.8, 4) is 0 Å². The van der Waals surface area contributed by atoms with Gasteiger partial charge in [-0.3, -0.25) is 9.48 Å². The minimum Gasteiger partial charge on any atom is -0.343 e. The van der Waals surface area contributed by atoms with Crippen molar-refractivity contribution >= 4 is 17.4 Å². The van der Waals surface area contributed by atoms with E-state index in [1.807, 2.05) is 13.2 Å². The lowest BCUT2D eigenvalue weighted by molar-refractivity contribution is 0.0821. The van der Waals surface area contributed by atoms with Gasteiger partial charge in [-0.15, -0.1) is 10.2 Å². The largest absolute Gasteiger partial charge is 0.343 e. The molecule has 0 fully saturated rings. The topological polar surface area (TPSA) is 75.9 Å². The predicted octanol–water partition coefficient (Wildman–Crippen LogP) is 0.655. The van der Waals surface area contributed by atoms with Gasteiger partial charge in [0, 0.05) is 27.3 Å². The number of amides is 1. The molecule has 0 bridgehead atoms. The average molecular weight is 246 g/mol.